The van der Waals surface area contributed by atoms with Crippen molar-refractivity contribution in [1.82, 2.24) is 44.9 Å². The summed E-state index contributed by atoms with van der Waals surface area (Å²) in [4.78, 5) is 51.3. The van der Waals surface area contributed by atoms with Crippen LogP contribution in [-0.2, 0) is 34.2 Å². The zero-order valence-electron chi connectivity index (χ0n) is 40.2. The van der Waals surface area contributed by atoms with E-state index in [1.165, 1.54) is 23.5 Å². The van der Waals surface area contributed by atoms with Gasteiger partial charge in [-0.3, -0.25) is 19.7 Å². The predicted molar refractivity (Wildman–Crippen MR) is 301 cm³/mol. The van der Waals surface area contributed by atoms with Crippen molar-refractivity contribution in [2.75, 3.05) is 10.2 Å². The number of hydrogen-bond donors (Lipinski definition) is 6. The fourth-order valence-corrected chi connectivity index (χ4v) is 5.26. The number of nitrogens with zero attached hydrogens (tertiary/aromatic N) is 8. The van der Waals surface area contributed by atoms with Gasteiger partial charge < -0.3 is 49.8 Å². The molecule has 0 bridgehead atoms. The Morgan fingerprint density at radius 2 is 1.13 bits per heavy atom. The van der Waals surface area contributed by atoms with E-state index in [9.17, 15) is 15.0 Å². The Balaban J connectivity index is 0.000000305. The van der Waals surface area contributed by atoms with Crippen molar-refractivity contribution in [3.63, 3.8) is 0 Å². The summed E-state index contributed by atoms with van der Waals surface area (Å²) in [7, 11) is 0. The second-order valence-corrected chi connectivity index (χ2v) is 51.5. The number of rotatable bonds is 7. The number of anilines is 1. The molecular formula is C45H61I4N12O7V. The quantitative estimate of drug-likeness (QED) is 0.0376. The van der Waals surface area contributed by atoms with Gasteiger partial charge in [-0.05, 0) is 31.6 Å². The van der Waals surface area contributed by atoms with Crippen LogP contribution in [0.15, 0.2) is 65.8 Å². The minimum absolute atomic E-state index is 0.00380. The summed E-state index contributed by atoms with van der Waals surface area (Å²) in [5, 5.41) is 18.9. The second kappa shape index (κ2) is 32.6. The summed E-state index contributed by atoms with van der Waals surface area (Å²) >= 11 is 9.74. The third kappa shape index (κ3) is 22.7. The zero-order valence-corrected chi connectivity index (χ0v) is 50.2. The molecule has 2 aliphatic rings. The Morgan fingerprint density at radius 3 is 1.51 bits per heavy atom. The van der Waals surface area contributed by atoms with E-state index < -0.39 is 11.6 Å². The Bertz CT molecular complexity index is 2460. The first-order chi connectivity index (χ1) is 32.8. The Hall–Kier alpha value is -3.33. The number of hydrogen-bond acceptors (Lipinski definition) is 16. The molecule has 0 unspecified atom stereocenters. The summed E-state index contributed by atoms with van der Waals surface area (Å²) in [5.41, 5.74) is 11.4. The number of nitrogens with one attached hydrogen (secondary N) is 3. The van der Waals surface area contributed by atoms with Gasteiger partial charge >= 0.3 is 64.9 Å². The SMILES string of the molecule is CCC.CCCI.Cc1ncc(C=Nc2ncc[nH]2)c(CO)c1O.Cc1ncc(C=Nc2ncc[nH]2)c2c1OC(C)(C)OC2.Cc1ncc(C=O)c2c1OC(C)(C)OC2.Nc1ncc[nH]1.[I][V]([I])[I]. The van der Waals surface area contributed by atoms with E-state index in [1.54, 1.807) is 68.9 Å². The van der Waals surface area contributed by atoms with Crippen LogP contribution in [0.3, 0.4) is 0 Å². The Kier molecular flexibility index (Phi) is 29.2. The molecular weight excluding hydrogens is 1380 g/mol. The number of aromatic hydroxyl groups is 1. The summed E-state index contributed by atoms with van der Waals surface area (Å²) in [5.74, 6) is 1.65. The molecule has 19 nitrogen and oxygen atoms in total. The van der Waals surface area contributed by atoms with Gasteiger partial charge in [-0.2, -0.15) is 0 Å². The van der Waals surface area contributed by atoms with Gasteiger partial charge in [0.15, 0.2) is 23.7 Å². The molecule has 8 heterocycles. The van der Waals surface area contributed by atoms with E-state index >= 15 is 0 Å². The molecule has 0 atom stereocenters. The average molecular weight is 1440 g/mol. The first kappa shape index (κ1) is 61.8. The third-order valence-electron chi connectivity index (χ3n) is 8.51. The number of carbonyl (C=O) groups is 1. The summed E-state index contributed by atoms with van der Waals surface area (Å²) in [6.45, 7) is 19.9. The molecule has 2 aliphatic heterocycles. The monoisotopic (exact) mass is 1440 g/mol. The van der Waals surface area contributed by atoms with E-state index in [-0.39, 0.29) is 17.3 Å². The van der Waals surface area contributed by atoms with Gasteiger partial charge in [0, 0.05) is 129 Å². The molecule has 6 aromatic rings. The van der Waals surface area contributed by atoms with E-state index in [2.05, 4.69) is 158 Å². The third-order valence-corrected chi connectivity index (χ3v) is 9.59. The van der Waals surface area contributed by atoms with Gasteiger partial charge in [-0.15, -0.1) is 0 Å². The minimum atomic E-state index is -0.652. The van der Waals surface area contributed by atoms with Crippen molar-refractivity contribution in [3.8, 4) is 17.2 Å². The molecule has 0 saturated heterocycles. The van der Waals surface area contributed by atoms with Crippen molar-refractivity contribution in [2.45, 2.75) is 113 Å². The first-order valence-electron chi connectivity index (χ1n) is 21.3. The van der Waals surface area contributed by atoms with Gasteiger partial charge in [0.1, 0.15) is 5.75 Å². The number of carbonyl (C=O) groups excluding carboxylic acids is 1. The number of alkyl halides is 1. The van der Waals surface area contributed by atoms with Crippen LogP contribution in [0.25, 0.3) is 0 Å². The number of aromatic amines is 3. The van der Waals surface area contributed by atoms with Crippen LogP contribution in [0.5, 0.6) is 17.2 Å². The van der Waals surface area contributed by atoms with Crippen molar-refractivity contribution in [1.29, 1.82) is 0 Å². The molecule has 7 N–H and O–H groups in total. The van der Waals surface area contributed by atoms with Gasteiger partial charge in [0.05, 0.1) is 36.9 Å². The van der Waals surface area contributed by atoms with Crippen LogP contribution >= 0.6 is 82.5 Å². The molecule has 24 heteroatoms. The molecule has 0 fully saturated rings. The van der Waals surface area contributed by atoms with Gasteiger partial charge in [0.25, 0.3) is 0 Å². The molecule has 69 heavy (non-hydrogen) atoms. The van der Waals surface area contributed by atoms with Crippen molar-refractivity contribution in [2.24, 2.45) is 9.98 Å². The van der Waals surface area contributed by atoms with Gasteiger partial charge in [0.2, 0.25) is 23.5 Å². The number of fused-ring (bicyclic) bond motifs is 2. The number of aromatic nitrogens is 9. The summed E-state index contributed by atoms with van der Waals surface area (Å²) in [6.07, 6.45) is 21.3. The van der Waals surface area contributed by atoms with Crippen LogP contribution in [-0.4, -0.2) is 89.8 Å². The molecule has 0 saturated carbocycles. The number of imidazole rings is 3. The summed E-state index contributed by atoms with van der Waals surface area (Å²) < 4.78 is 24.0. The maximum atomic E-state index is 10.8. The molecule has 0 radical (unpaired) electrons. The van der Waals surface area contributed by atoms with E-state index in [4.69, 9.17) is 24.7 Å². The fraction of sp³-hybridized carbons (Fsp3) is 0.400. The average Bonchev–Trinajstić information content (AvgIpc) is 4.14. The predicted octanol–water partition coefficient (Wildman–Crippen LogP) is 11.3. The number of nitrogens with two attached hydrogens (primary N) is 1. The van der Waals surface area contributed by atoms with Gasteiger partial charge in [-0.25, -0.2) is 24.9 Å². The van der Waals surface area contributed by atoms with Crippen LogP contribution in [0.1, 0.15) is 117 Å². The molecule has 0 aliphatic carbocycles. The second-order valence-electron chi connectivity index (χ2n) is 15.1. The number of pyridine rings is 3. The number of H-pyrrole nitrogens is 3. The van der Waals surface area contributed by atoms with Crippen LogP contribution in [0, 0.1) is 20.8 Å². The number of nitrogen functional groups attached to an aromatic ring is 1. The number of ether oxygens (including phenoxy) is 4. The van der Waals surface area contributed by atoms with Gasteiger partial charge in [-0.1, -0.05) is 49.8 Å². The molecule has 0 spiro atoms. The maximum absolute atomic E-state index is 10.8. The Labute approximate surface area is 455 Å². The number of aliphatic hydroxyl groups is 1. The molecule has 376 valence electrons. The van der Waals surface area contributed by atoms with Crippen LogP contribution in [0.4, 0.5) is 17.8 Å². The van der Waals surface area contributed by atoms with Crippen LogP contribution in [0.2, 0.25) is 0 Å². The van der Waals surface area contributed by atoms with Crippen molar-refractivity contribution >= 4 is 119 Å². The first-order valence-corrected chi connectivity index (χ1v) is 36.3. The van der Waals surface area contributed by atoms with E-state index in [0.717, 1.165) is 40.1 Å². The topological polar surface area (TPSA) is 270 Å². The van der Waals surface area contributed by atoms with Crippen LogP contribution < -0.4 is 15.2 Å². The fourth-order valence-electron chi connectivity index (χ4n) is 5.26. The number of aliphatic imine (C=N–C) groups is 2. The number of aryl methyl sites for hydroxylation is 3. The number of aliphatic hydroxyl groups excluding tert-OH is 1. The summed E-state index contributed by atoms with van der Waals surface area (Å²) in [6, 6.07) is 0. The van der Waals surface area contributed by atoms with E-state index in [1.807, 2.05) is 41.5 Å². The normalized spacial score (nSPS) is 13.5. The molecule has 6 aromatic heterocycles. The molecule has 0 aromatic carbocycles. The number of aldehydes is 1. The molecule has 8 rings (SSSR count). The van der Waals surface area contributed by atoms with E-state index in [0.29, 0.717) is 59.2 Å². The molecule has 0 amide bonds. The zero-order chi connectivity index (χ0) is 51.6. The standard InChI is InChI=1S/C14H16N4O2.C11H12N4O2.C11H13NO3.C3H7I.C3H5N3.C3H8.3HI.V/c1-9-12-11(8-19-14(2,3)20-12)10(6-17-9)7-18-13-15-4-5-16-13;1-7-10(17)9(6-16)8(4-14-7)5-15-11-12-2-3-13-11;1-7-10-9(8(5-13)4-12-7)6-14-11(2,3)15-10;1-2-3-4;4-3-5-1-2-6-3;1-3-2;;;;/h4-7H,8H2,1-3H3,(H,15,16);2-5,16-17H,6H2,1H3,(H,12,13);4-5H,6H2,1-3H3;2-3H2,1H3;1-2H,(H3,4,5,6);3H2,1-2H3;3*1H;/q;;;;;;;;;+3/p-3. The van der Waals surface area contributed by atoms with Crippen molar-refractivity contribution < 1.29 is 38.9 Å². The van der Waals surface area contributed by atoms with Crippen molar-refractivity contribution in [3.05, 3.63) is 106 Å². The Morgan fingerprint density at radius 1 is 0.725 bits per heavy atom. The number of halogens is 4.